The van der Waals surface area contributed by atoms with Crippen molar-refractivity contribution in [2.24, 2.45) is 11.8 Å². The molecule has 0 aromatic rings. The molecule has 1 unspecified atom stereocenters. The zero-order valence-electron chi connectivity index (χ0n) is 11.6. The largest absolute Gasteiger partial charge is 0.393 e. The molecule has 1 fully saturated rings. The molecule has 1 atom stereocenters. The molecule has 0 bridgehead atoms. The molecule has 18 heavy (non-hydrogen) atoms. The second kappa shape index (κ2) is 7.46. The molecule has 0 spiro atoms. The Morgan fingerprint density at radius 1 is 1.22 bits per heavy atom. The maximum atomic E-state index is 11.9. The van der Waals surface area contributed by atoms with Crippen LogP contribution in [0.25, 0.3) is 0 Å². The predicted molar refractivity (Wildman–Crippen MR) is 73.8 cm³/mol. The molecule has 108 valence electrons. The second-order valence-electron chi connectivity index (χ2n) is 5.78. The summed E-state index contributed by atoms with van der Waals surface area (Å²) in [4.78, 5) is 0. The Hall–Kier alpha value is -0.130. The fraction of sp³-hybridized carbons (Fsp3) is 1.00. The molecule has 0 aromatic heterocycles. The van der Waals surface area contributed by atoms with Gasteiger partial charge in [0.25, 0.3) is 0 Å². The van der Waals surface area contributed by atoms with Gasteiger partial charge >= 0.3 is 0 Å². The van der Waals surface area contributed by atoms with Crippen molar-refractivity contribution in [3.8, 4) is 0 Å². The first-order valence-electron chi connectivity index (χ1n) is 7.06. The van der Waals surface area contributed by atoms with Gasteiger partial charge in [-0.15, -0.1) is 0 Å². The molecular weight excluding hydrogens is 250 g/mol. The summed E-state index contributed by atoms with van der Waals surface area (Å²) < 4.78 is 26.3. The lowest BCUT2D eigenvalue weighted by Crippen LogP contribution is -2.33. The standard InChI is InChI=1S/C13H27NO3S/c1-11(2)13(15)8-9-14-18(16,17)10-12-6-4-3-5-7-12/h11-15H,3-10H2,1-2H3. The summed E-state index contributed by atoms with van der Waals surface area (Å²) in [6.45, 7) is 4.21. The van der Waals surface area contributed by atoms with Crippen LogP contribution >= 0.6 is 0 Å². The van der Waals surface area contributed by atoms with Crippen LogP contribution < -0.4 is 4.72 Å². The first-order chi connectivity index (χ1) is 8.41. The van der Waals surface area contributed by atoms with E-state index in [1.54, 1.807) is 0 Å². The minimum absolute atomic E-state index is 0.174. The Morgan fingerprint density at radius 2 is 1.83 bits per heavy atom. The summed E-state index contributed by atoms with van der Waals surface area (Å²) in [5, 5.41) is 9.61. The highest BCUT2D eigenvalue weighted by molar-refractivity contribution is 7.89. The highest BCUT2D eigenvalue weighted by atomic mass is 32.2. The van der Waals surface area contributed by atoms with Crippen molar-refractivity contribution in [1.29, 1.82) is 0 Å². The van der Waals surface area contributed by atoms with Gasteiger partial charge in [-0.05, 0) is 31.1 Å². The van der Waals surface area contributed by atoms with Gasteiger partial charge in [0.2, 0.25) is 10.0 Å². The van der Waals surface area contributed by atoms with Crippen LogP contribution in [-0.4, -0.2) is 31.9 Å². The third kappa shape index (κ3) is 6.16. The average Bonchev–Trinajstić information content (AvgIpc) is 2.29. The summed E-state index contributed by atoms with van der Waals surface area (Å²) >= 11 is 0. The van der Waals surface area contributed by atoms with Crippen LogP contribution in [0.1, 0.15) is 52.4 Å². The van der Waals surface area contributed by atoms with Crippen LogP contribution in [0, 0.1) is 11.8 Å². The number of aliphatic hydroxyl groups is 1. The summed E-state index contributed by atoms with van der Waals surface area (Å²) in [6, 6.07) is 0. The second-order valence-corrected chi connectivity index (χ2v) is 7.63. The number of nitrogens with one attached hydrogen (secondary N) is 1. The number of sulfonamides is 1. The summed E-state index contributed by atoms with van der Waals surface area (Å²) in [5.74, 6) is 0.754. The van der Waals surface area contributed by atoms with Gasteiger partial charge in [-0.25, -0.2) is 13.1 Å². The topological polar surface area (TPSA) is 66.4 Å². The van der Waals surface area contributed by atoms with Crippen molar-refractivity contribution in [3.05, 3.63) is 0 Å². The predicted octanol–water partition coefficient (Wildman–Crippen LogP) is 1.89. The number of hydrogen-bond donors (Lipinski definition) is 2. The van der Waals surface area contributed by atoms with Crippen molar-refractivity contribution in [2.75, 3.05) is 12.3 Å². The number of hydrogen-bond acceptors (Lipinski definition) is 3. The molecule has 0 radical (unpaired) electrons. The van der Waals surface area contributed by atoms with Gasteiger partial charge in [0.1, 0.15) is 0 Å². The Kier molecular flexibility index (Phi) is 6.60. The van der Waals surface area contributed by atoms with Crippen molar-refractivity contribution >= 4 is 10.0 Å². The van der Waals surface area contributed by atoms with E-state index in [1.807, 2.05) is 13.8 Å². The quantitative estimate of drug-likeness (QED) is 0.747. The van der Waals surface area contributed by atoms with Gasteiger partial charge < -0.3 is 5.11 Å². The molecule has 1 aliphatic rings. The normalized spacial score (nSPS) is 20.2. The first-order valence-corrected chi connectivity index (χ1v) is 8.71. The molecule has 1 aliphatic carbocycles. The molecule has 5 heteroatoms. The Labute approximate surface area is 111 Å². The summed E-state index contributed by atoms with van der Waals surface area (Å²) in [6.07, 6.45) is 5.69. The molecule has 0 amide bonds. The van der Waals surface area contributed by atoms with E-state index in [0.29, 0.717) is 18.9 Å². The molecule has 1 rings (SSSR count). The van der Waals surface area contributed by atoms with Gasteiger partial charge in [0.05, 0.1) is 11.9 Å². The smallest absolute Gasteiger partial charge is 0.211 e. The number of rotatable bonds is 7. The fourth-order valence-electron chi connectivity index (χ4n) is 2.42. The molecule has 0 aliphatic heterocycles. The van der Waals surface area contributed by atoms with Crippen LogP contribution in [0.3, 0.4) is 0 Å². The zero-order chi connectivity index (χ0) is 13.6. The SMILES string of the molecule is CC(C)C(O)CCNS(=O)(=O)CC1CCCCC1. The average molecular weight is 277 g/mol. The highest BCUT2D eigenvalue weighted by Gasteiger charge is 2.21. The molecule has 1 saturated carbocycles. The van der Waals surface area contributed by atoms with Gasteiger partial charge in [-0.1, -0.05) is 33.1 Å². The first kappa shape index (κ1) is 15.9. The highest BCUT2D eigenvalue weighted by Crippen LogP contribution is 2.24. The minimum atomic E-state index is -3.16. The van der Waals surface area contributed by atoms with Crippen molar-refractivity contribution < 1.29 is 13.5 Å². The van der Waals surface area contributed by atoms with E-state index in [0.717, 1.165) is 25.7 Å². The van der Waals surface area contributed by atoms with E-state index in [1.165, 1.54) is 6.42 Å². The molecule has 0 saturated heterocycles. The van der Waals surface area contributed by atoms with Gasteiger partial charge in [-0.2, -0.15) is 0 Å². The maximum Gasteiger partial charge on any atom is 0.211 e. The lowest BCUT2D eigenvalue weighted by atomic mass is 9.91. The van der Waals surface area contributed by atoms with Crippen LogP contribution in [0.2, 0.25) is 0 Å². The van der Waals surface area contributed by atoms with Crippen LogP contribution in [0.15, 0.2) is 0 Å². The van der Waals surface area contributed by atoms with Crippen molar-refractivity contribution in [3.63, 3.8) is 0 Å². The van der Waals surface area contributed by atoms with Crippen molar-refractivity contribution in [1.82, 2.24) is 4.72 Å². The third-order valence-electron chi connectivity index (χ3n) is 3.71. The lowest BCUT2D eigenvalue weighted by Gasteiger charge is -2.21. The minimum Gasteiger partial charge on any atom is -0.393 e. The Morgan fingerprint density at radius 3 is 2.39 bits per heavy atom. The van der Waals surface area contributed by atoms with E-state index in [2.05, 4.69) is 4.72 Å². The molecule has 2 N–H and O–H groups in total. The van der Waals surface area contributed by atoms with E-state index < -0.39 is 16.1 Å². The van der Waals surface area contributed by atoms with E-state index in [9.17, 15) is 13.5 Å². The van der Waals surface area contributed by atoms with E-state index >= 15 is 0 Å². The summed E-state index contributed by atoms with van der Waals surface area (Å²) in [5.41, 5.74) is 0. The maximum absolute atomic E-state index is 11.9. The van der Waals surface area contributed by atoms with E-state index in [-0.39, 0.29) is 11.7 Å². The van der Waals surface area contributed by atoms with Gasteiger partial charge in [0, 0.05) is 6.54 Å². The number of aliphatic hydroxyl groups excluding tert-OH is 1. The zero-order valence-corrected chi connectivity index (χ0v) is 12.4. The molecule has 0 aromatic carbocycles. The van der Waals surface area contributed by atoms with E-state index in [4.69, 9.17) is 0 Å². The molecule has 4 nitrogen and oxygen atoms in total. The van der Waals surface area contributed by atoms with Gasteiger partial charge in [-0.3, -0.25) is 0 Å². The Bertz CT molecular complexity index is 321. The van der Waals surface area contributed by atoms with Crippen LogP contribution in [-0.2, 0) is 10.0 Å². The third-order valence-corrected chi connectivity index (χ3v) is 5.27. The van der Waals surface area contributed by atoms with Crippen molar-refractivity contribution in [2.45, 2.75) is 58.5 Å². The Balaban J connectivity index is 2.26. The molecular formula is C13H27NO3S. The fourth-order valence-corrected chi connectivity index (χ4v) is 3.92. The monoisotopic (exact) mass is 277 g/mol. The lowest BCUT2D eigenvalue weighted by molar-refractivity contribution is 0.118. The van der Waals surface area contributed by atoms with Crippen LogP contribution in [0.4, 0.5) is 0 Å². The molecule has 0 heterocycles. The summed E-state index contributed by atoms with van der Waals surface area (Å²) in [7, 11) is -3.16. The van der Waals surface area contributed by atoms with Gasteiger partial charge in [0.15, 0.2) is 0 Å². The van der Waals surface area contributed by atoms with Crippen LogP contribution in [0.5, 0.6) is 0 Å².